The molecule has 0 aliphatic heterocycles. The molecule has 35 heavy (non-hydrogen) atoms. The van der Waals surface area contributed by atoms with Gasteiger partial charge in [-0.25, -0.2) is 8.42 Å². The topological polar surface area (TPSA) is 106 Å². The average molecular weight is 491 g/mol. The third-order valence-corrected chi connectivity index (χ3v) is 7.79. The summed E-state index contributed by atoms with van der Waals surface area (Å²) >= 11 is 0. The Balaban J connectivity index is 1.48. The standard InChI is InChI=1S/C26H28BN2O5S/c30-26(29-25(27-31)16-20-8-9-20)21(15-19-5-2-1-3-6-19)18-35(32,33)24-12-10-22(11-13-24)34-23-7-4-14-28-17-23/h1-7,10-14,17,20-21,25,31H,8-9,15-16,18H2,(H,29,30)/t21?,25-/m0/s1. The van der Waals surface area contributed by atoms with Crippen molar-refractivity contribution in [3.63, 3.8) is 0 Å². The highest BCUT2D eigenvalue weighted by atomic mass is 32.2. The maximum absolute atomic E-state index is 13.3. The Morgan fingerprint density at radius 2 is 1.80 bits per heavy atom. The van der Waals surface area contributed by atoms with E-state index < -0.39 is 21.7 Å². The first-order chi connectivity index (χ1) is 16.9. The predicted octanol–water partition coefficient (Wildman–Crippen LogP) is 3.36. The number of carbonyl (C=O) groups is 1. The van der Waals surface area contributed by atoms with Crippen LogP contribution in [0.15, 0.2) is 84.0 Å². The summed E-state index contributed by atoms with van der Waals surface area (Å²) < 4.78 is 32.2. The SMILES string of the molecule is O=C(N[C@H]([B]O)CC1CC1)C(Cc1ccccc1)CS(=O)(=O)c1ccc(Oc2cccnc2)cc1. The number of amides is 1. The van der Waals surface area contributed by atoms with Crippen LogP contribution in [0.25, 0.3) is 0 Å². The molecule has 1 saturated carbocycles. The first-order valence-corrected chi connectivity index (χ1v) is 13.3. The quantitative estimate of drug-likeness (QED) is 0.377. The van der Waals surface area contributed by atoms with Gasteiger partial charge < -0.3 is 15.1 Å². The van der Waals surface area contributed by atoms with Gasteiger partial charge in [0.05, 0.1) is 22.8 Å². The maximum atomic E-state index is 13.3. The minimum atomic E-state index is -3.77. The van der Waals surface area contributed by atoms with Crippen molar-refractivity contribution in [2.45, 2.75) is 36.5 Å². The zero-order valence-corrected chi connectivity index (χ0v) is 20.1. The lowest BCUT2D eigenvalue weighted by molar-refractivity contribution is -0.124. The molecule has 4 rings (SSSR count). The van der Waals surface area contributed by atoms with Crippen LogP contribution in [0.5, 0.6) is 11.5 Å². The summed E-state index contributed by atoms with van der Waals surface area (Å²) in [7, 11) is -2.78. The highest BCUT2D eigenvalue weighted by molar-refractivity contribution is 7.91. The number of carbonyl (C=O) groups excluding carboxylic acids is 1. The summed E-state index contributed by atoms with van der Waals surface area (Å²) in [5.74, 6) is -0.508. The number of rotatable bonds is 12. The Hall–Kier alpha value is -3.17. The monoisotopic (exact) mass is 491 g/mol. The van der Waals surface area contributed by atoms with Gasteiger partial charge in [0.2, 0.25) is 5.91 Å². The normalized spacial score (nSPS) is 15.1. The van der Waals surface area contributed by atoms with Gasteiger partial charge in [-0.05, 0) is 60.7 Å². The first kappa shape index (κ1) is 24.9. The van der Waals surface area contributed by atoms with Gasteiger partial charge in [0.25, 0.3) is 0 Å². The third kappa shape index (κ3) is 7.41. The van der Waals surface area contributed by atoms with E-state index in [2.05, 4.69) is 10.3 Å². The van der Waals surface area contributed by atoms with Crippen LogP contribution in [0.3, 0.4) is 0 Å². The molecular weight excluding hydrogens is 463 g/mol. The van der Waals surface area contributed by atoms with Gasteiger partial charge in [-0.3, -0.25) is 9.78 Å². The first-order valence-electron chi connectivity index (χ1n) is 11.7. The van der Waals surface area contributed by atoms with E-state index in [0.29, 0.717) is 23.8 Å². The molecule has 2 aromatic carbocycles. The molecule has 1 radical (unpaired) electrons. The number of sulfone groups is 1. The van der Waals surface area contributed by atoms with Gasteiger partial charge in [0.15, 0.2) is 9.84 Å². The Morgan fingerprint density at radius 1 is 1.06 bits per heavy atom. The summed E-state index contributed by atoms with van der Waals surface area (Å²) in [5.41, 5.74) is 0.870. The highest BCUT2D eigenvalue weighted by Gasteiger charge is 2.31. The molecule has 1 fully saturated rings. The number of ether oxygens (including phenoxy) is 1. The van der Waals surface area contributed by atoms with Crippen molar-refractivity contribution in [1.29, 1.82) is 0 Å². The fraction of sp³-hybridized carbons (Fsp3) is 0.308. The molecular formula is C26H28BN2O5S. The highest BCUT2D eigenvalue weighted by Crippen LogP contribution is 2.33. The molecule has 3 aromatic rings. The Bertz CT molecular complexity index is 1200. The molecule has 1 unspecified atom stereocenters. The van der Waals surface area contributed by atoms with Crippen LogP contribution < -0.4 is 10.1 Å². The van der Waals surface area contributed by atoms with E-state index in [1.54, 1.807) is 36.7 Å². The van der Waals surface area contributed by atoms with Gasteiger partial charge in [0.1, 0.15) is 11.5 Å². The molecule has 2 atom stereocenters. The van der Waals surface area contributed by atoms with E-state index in [4.69, 9.17) is 4.74 Å². The lowest BCUT2D eigenvalue weighted by Gasteiger charge is -2.21. The maximum Gasteiger partial charge on any atom is 0.311 e. The second-order valence-electron chi connectivity index (χ2n) is 8.87. The molecule has 9 heteroatoms. The largest absolute Gasteiger partial charge is 0.456 e. The van der Waals surface area contributed by atoms with Crippen LogP contribution in [-0.4, -0.2) is 43.5 Å². The molecule has 2 N–H and O–H groups in total. The van der Waals surface area contributed by atoms with Crippen LogP contribution in [0.2, 0.25) is 0 Å². The van der Waals surface area contributed by atoms with Crippen LogP contribution >= 0.6 is 0 Å². The van der Waals surface area contributed by atoms with Gasteiger partial charge in [-0.2, -0.15) is 0 Å². The number of pyridine rings is 1. The Morgan fingerprint density at radius 3 is 2.43 bits per heavy atom. The van der Waals surface area contributed by atoms with Crippen molar-refractivity contribution in [3.05, 3.63) is 84.7 Å². The smallest absolute Gasteiger partial charge is 0.311 e. The van der Waals surface area contributed by atoms with E-state index in [-0.39, 0.29) is 23.0 Å². The zero-order valence-electron chi connectivity index (χ0n) is 19.3. The molecule has 1 amide bonds. The number of nitrogens with zero attached hydrogens (tertiary/aromatic N) is 1. The summed E-state index contributed by atoms with van der Waals surface area (Å²) in [6, 6.07) is 19.0. The minimum Gasteiger partial charge on any atom is -0.456 e. The van der Waals surface area contributed by atoms with E-state index >= 15 is 0 Å². The molecule has 0 spiro atoms. The molecule has 7 nitrogen and oxygen atoms in total. The minimum absolute atomic E-state index is 0.116. The number of aromatic nitrogens is 1. The third-order valence-electron chi connectivity index (χ3n) is 5.96. The van der Waals surface area contributed by atoms with Crippen molar-refractivity contribution in [3.8, 4) is 11.5 Å². The van der Waals surface area contributed by atoms with E-state index in [9.17, 15) is 18.2 Å². The number of hydrogen-bond acceptors (Lipinski definition) is 6. The fourth-order valence-electron chi connectivity index (χ4n) is 3.92. The molecule has 1 aromatic heterocycles. The fourth-order valence-corrected chi connectivity index (χ4v) is 5.46. The van der Waals surface area contributed by atoms with E-state index in [0.717, 1.165) is 25.9 Å². The lowest BCUT2D eigenvalue weighted by atomic mass is 9.83. The molecule has 1 aliphatic carbocycles. The van der Waals surface area contributed by atoms with Crippen molar-refractivity contribution in [2.24, 2.45) is 11.8 Å². The van der Waals surface area contributed by atoms with E-state index in [1.165, 1.54) is 12.1 Å². The second kappa shape index (κ2) is 11.5. The lowest BCUT2D eigenvalue weighted by Crippen LogP contribution is -2.45. The summed E-state index contributed by atoms with van der Waals surface area (Å²) in [6.07, 6.45) is 6.31. The Kier molecular flexibility index (Phi) is 8.20. The number of hydrogen-bond donors (Lipinski definition) is 2. The average Bonchev–Trinajstić information content (AvgIpc) is 3.69. The second-order valence-corrected chi connectivity index (χ2v) is 10.9. The van der Waals surface area contributed by atoms with Gasteiger partial charge in [-0.15, -0.1) is 0 Å². The summed E-state index contributed by atoms with van der Waals surface area (Å²) in [6.45, 7) is 0. The number of nitrogens with one attached hydrogen (secondary N) is 1. The van der Waals surface area contributed by atoms with Crippen molar-refractivity contribution in [2.75, 3.05) is 5.75 Å². The van der Waals surface area contributed by atoms with Crippen molar-refractivity contribution >= 4 is 23.2 Å². The van der Waals surface area contributed by atoms with Crippen LogP contribution in [-0.2, 0) is 21.1 Å². The van der Waals surface area contributed by atoms with Crippen LogP contribution in [0.4, 0.5) is 0 Å². The van der Waals surface area contributed by atoms with Crippen LogP contribution in [0.1, 0.15) is 24.8 Å². The molecule has 1 aliphatic rings. The van der Waals surface area contributed by atoms with Crippen LogP contribution in [0, 0.1) is 11.8 Å². The molecule has 0 saturated heterocycles. The molecule has 1 heterocycles. The summed E-state index contributed by atoms with van der Waals surface area (Å²) in [5, 5.41) is 12.4. The molecule has 181 valence electrons. The van der Waals surface area contributed by atoms with Gasteiger partial charge in [-0.1, -0.05) is 43.2 Å². The van der Waals surface area contributed by atoms with Crippen molar-refractivity contribution in [1.82, 2.24) is 10.3 Å². The Labute approximate surface area is 206 Å². The van der Waals surface area contributed by atoms with Gasteiger partial charge >= 0.3 is 7.48 Å². The summed E-state index contributed by atoms with van der Waals surface area (Å²) in [4.78, 5) is 17.3. The number of benzene rings is 2. The van der Waals surface area contributed by atoms with Gasteiger partial charge in [0, 0.05) is 12.1 Å². The molecule has 0 bridgehead atoms. The van der Waals surface area contributed by atoms with Crippen molar-refractivity contribution < 1.29 is 23.0 Å². The van der Waals surface area contributed by atoms with E-state index in [1.807, 2.05) is 30.3 Å². The zero-order chi connectivity index (χ0) is 24.7. The predicted molar refractivity (Wildman–Crippen MR) is 134 cm³/mol.